The summed E-state index contributed by atoms with van der Waals surface area (Å²) in [5.74, 6) is 1.00. The van der Waals surface area contributed by atoms with E-state index in [9.17, 15) is 10.1 Å². The minimum Gasteiger partial charge on any atom is -0.494 e. The lowest BCUT2D eigenvalue weighted by atomic mass is 10.1. The summed E-state index contributed by atoms with van der Waals surface area (Å²) >= 11 is 4.46. The number of nitrogens with zero attached hydrogens (tertiary/aromatic N) is 1. The van der Waals surface area contributed by atoms with Gasteiger partial charge in [0.2, 0.25) is 0 Å². The number of nitriles is 1. The molecular formula is C25H20I2N2O3. The molecule has 0 saturated carbocycles. The molecule has 0 aromatic heterocycles. The van der Waals surface area contributed by atoms with Crippen LogP contribution in [0.2, 0.25) is 0 Å². The third-order valence-corrected chi connectivity index (χ3v) is 5.92. The van der Waals surface area contributed by atoms with E-state index in [4.69, 9.17) is 9.47 Å². The summed E-state index contributed by atoms with van der Waals surface area (Å²) in [4.78, 5) is 12.5. The summed E-state index contributed by atoms with van der Waals surface area (Å²) in [6.07, 6.45) is 1.56. The maximum Gasteiger partial charge on any atom is 0.266 e. The van der Waals surface area contributed by atoms with E-state index in [2.05, 4.69) is 50.5 Å². The summed E-state index contributed by atoms with van der Waals surface area (Å²) in [6.45, 7) is 2.95. The maximum absolute atomic E-state index is 12.5. The molecule has 3 aromatic rings. The van der Waals surface area contributed by atoms with Crippen molar-refractivity contribution in [3.63, 3.8) is 0 Å². The average molecular weight is 650 g/mol. The number of carbonyl (C=O) groups is 1. The molecule has 0 aliphatic rings. The first-order chi connectivity index (χ1) is 15.5. The van der Waals surface area contributed by atoms with E-state index >= 15 is 0 Å². The van der Waals surface area contributed by atoms with Crippen molar-refractivity contribution in [2.75, 3.05) is 11.9 Å². The monoisotopic (exact) mass is 650 g/mol. The normalized spacial score (nSPS) is 10.9. The fourth-order valence-corrected chi connectivity index (χ4v) is 3.84. The highest BCUT2D eigenvalue weighted by Gasteiger charge is 2.11. The van der Waals surface area contributed by atoms with E-state index in [1.807, 2.05) is 55.5 Å². The van der Waals surface area contributed by atoms with Gasteiger partial charge in [-0.1, -0.05) is 18.2 Å². The summed E-state index contributed by atoms with van der Waals surface area (Å²) in [6, 6.07) is 22.7. The minimum atomic E-state index is -0.467. The van der Waals surface area contributed by atoms with E-state index in [0.717, 1.165) is 26.2 Å². The van der Waals surface area contributed by atoms with Crippen LogP contribution < -0.4 is 14.8 Å². The zero-order valence-electron chi connectivity index (χ0n) is 17.3. The fraction of sp³-hybridized carbons (Fsp3) is 0.120. The molecule has 7 heteroatoms. The van der Waals surface area contributed by atoms with Gasteiger partial charge >= 0.3 is 0 Å². The fourth-order valence-electron chi connectivity index (χ4n) is 2.78. The largest absolute Gasteiger partial charge is 0.494 e. The number of hydrogen-bond acceptors (Lipinski definition) is 4. The quantitative estimate of drug-likeness (QED) is 0.174. The highest BCUT2D eigenvalue weighted by Crippen LogP contribution is 2.25. The first-order valence-corrected chi connectivity index (χ1v) is 12.0. The van der Waals surface area contributed by atoms with Gasteiger partial charge in [0.25, 0.3) is 5.91 Å². The molecule has 0 aliphatic carbocycles. The van der Waals surface area contributed by atoms with Crippen molar-refractivity contribution in [3.8, 4) is 17.6 Å². The molecule has 5 nitrogen and oxygen atoms in total. The third-order valence-electron chi connectivity index (χ3n) is 4.36. The van der Waals surface area contributed by atoms with Crippen molar-refractivity contribution in [1.82, 2.24) is 0 Å². The minimum absolute atomic E-state index is 0.0160. The molecule has 0 spiro atoms. The molecule has 32 heavy (non-hydrogen) atoms. The zero-order chi connectivity index (χ0) is 22.9. The zero-order valence-corrected chi connectivity index (χ0v) is 21.6. The van der Waals surface area contributed by atoms with Gasteiger partial charge in [0.15, 0.2) is 0 Å². The van der Waals surface area contributed by atoms with Gasteiger partial charge in [-0.15, -0.1) is 0 Å². The number of carbonyl (C=O) groups excluding carboxylic acids is 1. The Balaban J connectivity index is 1.66. The van der Waals surface area contributed by atoms with Crippen molar-refractivity contribution in [2.24, 2.45) is 0 Å². The Morgan fingerprint density at radius 1 is 1.03 bits per heavy atom. The van der Waals surface area contributed by atoms with E-state index in [-0.39, 0.29) is 5.57 Å². The summed E-state index contributed by atoms with van der Waals surface area (Å²) in [5.41, 5.74) is 2.44. The lowest BCUT2D eigenvalue weighted by Gasteiger charge is -2.10. The molecule has 3 aromatic carbocycles. The summed E-state index contributed by atoms with van der Waals surface area (Å²) in [7, 11) is 0. The summed E-state index contributed by atoms with van der Waals surface area (Å²) in [5, 5.41) is 12.2. The average Bonchev–Trinajstić information content (AvgIpc) is 2.79. The van der Waals surface area contributed by atoms with Gasteiger partial charge in [0.1, 0.15) is 29.7 Å². The second-order valence-corrected chi connectivity index (χ2v) is 9.09. The Morgan fingerprint density at radius 2 is 1.75 bits per heavy atom. The topological polar surface area (TPSA) is 71.3 Å². The van der Waals surface area contributed by atoms with Gasteiger partial charge in [-0.05, 0) is 118 Å². The first kappa shape index (κ1) is 24.1. The molecule has 0 saturated heterocycles. The molecule has 0 atom stereocenters. The predicted molar refractivity (Wildman–Crippen MR) is 142 cm³/mol. The smallest absolute Gasteiger partial charge is 0.266 e. The lowest BCUT2D eigenvalue weighted by Crippen LogP contribution is -2.13. The van der Waals surface area contributed by atoms with Gasteiger partial charge < -0.3 is 14.8 Å². The highest BCUT2D eigenvalue weighted by molar-refractivity contribution is 14.1. The molecule has 1 amide bonds. The van der Waals surface area contributed by atoms with Crippen LogP contribution in [-0.2, 0) is 11.4 Å². The Kier molecular flexibility index (Phi) is 8.93. The number of benzene rings is 3. The third kappa shape index (κ3) is 6.97. The van der Waals surface area contributed by atoms with Crippen molar-refractivity contribution >= 4 is 62.9 Å². The Hall–Kier alpha value is -2.58. The predicted octanol–water partition coefficient (Wildman–Crippen LogP) is 6.42. The molecule has 0 fully saturated rings. The second kappa shape index (κ2) is 11.9. The van der Waals surface area contributed by atoms with Gasteiger partial charge in [-0.25, -0.2) is 0 Å². The van der Waals surface area contributed by atoms with E-state index in [1.165, 1.54) is 3.57 Å². The number of hydrogen-bond donors (Lipinski definition) is 1. The Labute approximate surface area is 214 Å². The van der Waals surface area contributed by atoms with E-state index in [0.29, 0.717) is 18.9 Å². The molecule has 3 rings (SSSR count). The molecule has 162 valence electrons. The van der Waals surface area contributed by atoms with Crippen molar-refractivity contribution in [2.45, 2.75) is 13.5 Å². The van der Waals surface area contributed by atoms with E-state index < -0.39 is 5.91 Å². The Morgan fingerprint density at radius 3 is 2.38 bits per heavy atom. The van der Waals surface area contributed by atoms with Crippen LogP contribution >= 0.6 is 45.2 Å². The van der Waals surface area contributed by atoms with Crippen molar-refractivity contribution in [1.29, 1.82) is 5.26 Å². The van der Waals surface area contributed by atoms with E-state index in [1.54, 1.807) is 30.3 Å². The number of nitrogens with one attached hydrogen (secondary N) is 1. The number of anilines is 1. The van der Waals surface area contributed by atoms with Crippen LogP contribution in [0.5, 0.6) is 11.5 Å². The molecule has 0 radical (unpaired) electrons. The molecule has 0 unspecified atom stereocenters. The van der Waals surface area contributed by atoms with Crippen LogP contribution in [0, 0.1) is 18.5 Å². The molecule has 1 N–H and O–H groups in total. The van der Waals surface area contributed by atoms with Crippen molar-refractivity contribution in [3.05, 3.63) is 90.6 Å². The summed E-state index contributed by atoms with van der Waals surface area (Å²) < 4.78 is 13.4. The number of halogens is 2. The van der Waals surface area contributed by atoms with Crippen molar-refractivity contribution < 1.29 is 14.3 Å². The van der Waals surface area contributed by atoms with Gasteiger partial charge in [-0.3, -0.25) is 4.79 Å². The lowest BCUT2D eigenvalue weighted by molar-refractivity contribution is -0.112. The standard InChI is InChI=1S/C25H20I2N2O3/c1-2-31-22-10-8-21(9-11-22)29-25(30)19(15-28)13-18-5-12-24(23(27)14-18)32-16-17-3-6-20(26)7-4-17/h3-14H,2,16H2,1H3,(H,29,30)/b19-13-. The second-order valence-electron chi connectivity index (χ2n) is 6.69. The van der Waals surface area contributed by atoms with Crippen LogP contribution in [0.25, 0.3) is 6.08 Å². The maximum atomic E-state index is 12.5. The molecular weight excluding hydrogens is 630 g/mol. The first-order valence-electron chi connectivity index (χ1n) is 9.81. The number of rotatable bonds is 8. The molecule has 0 bridgehead atoms. The Bertz CT molecular complexity index is 1150. The highest BCUT2D eigenvalue weighted by atomic mass is 127. The van der Waals surface area contributed by atoms with Crippen LogP contribution in [-0.4, -0.2) is 12.5 Å². The SMILES string of the molecule is CCOc1ccc(NC(=O)/C(C#N)=C\c2ccc(OCc3ccc(I)cc3)c(I)c2)cc1. The van der Waals surface area contributed by atoms with Gasteiger partial charge in [0.05, 0.1) is 10.2 Å². The number of amides is 1. The number of ether oxygens (including phenoxy) is 2. The molecule has 0 aliphatic heterocycles. The van der Waals surface area contributed by atoms with Crippen LogP contribution in [0.15, 0.2) is 72.3 Å². The molecule has 0 heterocycles. The van der Waals surface area contributed by atoms with Crippen LogP contribution in [0.1, 0.15) is 18.1 Å². The van der Waals surface area contributed by atoms with Crippen LogP contribution in [0.4, 0.5) is 5.69 Å². The van der Waals surface area contributed by atoms with Gasteiger partial charge in [0, 0.05) is 9.26 Å². The van der Waals surface area contributed by atoms with Gasteiger partial charge in [-0.2, -0.15) is 5.26 Å². The van der Waals surface area contributed by atoms with Crippen LogP contribution in [0.3, 0.4) is 0 Å².